The number of methoxy groups -OCH3 is 1. The van der Waals surface area contributed by atoms with Crippen LogP contribution < -0.4 is 15.4 Å². The summed E-state index contributed by atoms with van der Waals surface area (Å²) in [5, 5.41) is 6.46. The van der Waals surface area contributed by atoms with Gasteiger partial charge in [-0.3, -0.25) is 0 Å². The first kappa shape index (κ1) is 14.8. The van der Waals surface area contributed by atoms with Crippen molar-refractivity contribution in [3.05, 3.63) is 0 Å². The summed E-state index contributed by atoms with van der Waals surface area (Å²) in [7, 11) is 1.57. The van der Waals surface area contributed by atoms with E-state index in [1.807, 2.05) is 6.92 Å². The predicted octanol–water partition coefficient (Wildman–Crippen LogP) is 2.69. The molecule has 112 valence electrons. The van der Waals surface area contributed by atoms with Gasteiger partial charge >= 0.3 is 6.01 Å². The molecule has 1 aromatic heterocycles. The second-order valence-corrected chi connectivity index (χ2v) is 5.41. The molecule has 1 aliphatic carbocycles. The van der Waals surface area contributed by atoms with Crippen LogP contribution in [0.1, 0.15) is 46.0 Å². The zero-order valence-corrected chi connectivity index (χ0v) is 12.7. The summed E-state index contributed by atoms with van der Waals surface area (Å²) in [6.45, 7) is 5.97. The minimum Gasteiger partial charge on any atom is -0.467 e. The lowest BCUT2D eigenvalue weighted by molar-refractivity contribution is 0.306. The van der Waals surface area contributed by atoms with Crippen molar-refractivity contribution in [2.45, 2.75) is 46.0 Å². The average Bonchev–Trinajstić information content (AvgIpc) is 2.95. The molecule has 0 aliphatic heterocycles. The minimum absolute atomic E-state index is 0.343. The molecule has 0 amide bonds. The Hall–Kier alpha value is -1.59. The first-order valence-electron chi connectivity index (χ1n) is 7.49. The molecule has 1 aliphatic rings. The highest BCUT2D eigenvalue weighted by Gasteiger charge is 2.31. The van der Waals surface area contributed by atoms with Crippen molar-refractivity contribution in [1.29, 1.82) is 0 Å². The fourth-order valence-corrected chi connectivity index (χ4v) is 2.81. The van der Waals surface area contributed by atoms with Crippen molar-refractivity contribution in [3.63, 3.8) is 0 Å². The molecule has 2 rings (SSSR count). The number of ether oxygens (including phenoxy) is 1. The monoisotopic (exact) mass is 279 g/mol. The van der Waals surface area contributed by atoms with Crippen molar-refractivity contribution in [3.8, 4) is 6.01 Å². The number of rotatable bonds is 7. The van der Waals surface area contributed by atoms with E-state index in [1.165, 1.54) is 32.1 Å². The van der Waals surface area contributed by atoms with Gasteiger partial charge in [0, 0.05) is 13.1 Å². The number of anilines is 2. The Morgan fingerprint density at radius 3 is 2.25 bits per heavy atom. The Morgan fingerprint density at radius 2 is 1.70 bits per heavy atom. The van der Waals surface area contributed by atoms with Crippen LogP contribution in [0.4, 0.5) is 11.9 Å². The van der Waals surface area contributed by atoms with Gasteiger partial charge in [-0.2, -0.15) is 15.0 Å². The largest absolute Gasteiger partial charge is 0.467 e. The molecule has 1 heterocycles. The molecule has 1 saturated carbocycles. The third kappa shape index (κ3) is 3.49. The van der Waals surface area contributed by atoms with Gasteiger partial charge in [0.2, 0.25) is 11.9 Å². The topological polar surface area (TPSA) is 72.0 Å². The highest BCUT2D eigenvalue weighted by molar-refractivity contribution is 5.36. The van der Waals surface area contributed by atoms with Crippen LogP contribution >= 0.6 is 0 Å². The second kappa shape index (κ2) is 6.72. The van der Waals surface area contributed by atoms with Gasteiger partial charge in [-0.15, -0.1) is 0 Å². The normalized spacial score (nSPS) is 16.9. The van der Waals surface area contributed by atoms with Gasteiger partial charge in [0.25, 0.3) is 0 Å². The highest BCUT2D eigenvalue weighted by atomic mass is 16.5. The molecular formula is C14H25N5O. The number of nitrogens with zero attached hydrogens (tertiary/aromatic N) is 3. The van der Waals surface area contributed by atoms with E-state index in [0.717, 1.165) is 13.1 Å². The van der Waals surface area contributed by atoms with Crippen LogP contribution in [0, 0.1) is 5.41 Å². The van der Waals surface area contributed by atoms with Crippen molar-refractivity contribution < 1.29 is 4.74 Å². The molecule has 1 aromatic rings. The first-order chi connectivity index (χ1) is 9.71. The van der Waals surface area contributed by atoms with Crippen LogP contribution in [0.25, 0.3) is 0 Å². The van der Waals surface area contributed by atoms with E-state index < -0.39 is 0 Å². The smallest absolute Gasteiger partial charge is 0.322 e. The minimum atomic E-state index is 0.343. The highest BCUT2D eigenvalue weighted by Crippen LogP contribution is 2.40. The van der Waals surface area contributed by atoms with E-state index in [2.05, 4.69) is 32.5 Å². The summed E-state index contributed by atoms with van der Waals surface area (Å²) >= 11 is 0. The summed E-state index contributed by atoms with van der Waals surface area (Å²) in [5.74, 6) is 1.14. The summed E-state index contributed by atoms with van der Waals surface area (Å²) in [4.78, 5) is 12.8. The van der Waals surface area contributed by atoms with Gasteiger partial charge in [0.05, 0.1) is 7.11 Å². The fraction of sp³-hybridized carbons (Fsp3) is 0.786. The molecule has 0 saturated heterocycles. The van der Waals surface area contributed by atoms with E-state index in [1.54, 1.807) is 7.11 Å². The van der Waals surface area contributed by atoms with Crippen LogP contribution in [0.3, 0.4) is 0 Å². The van der Waals surface area contributed by atoms with Gasteiger partial charge in [-0.1, -0.05) is 19.8 Å². The molecule has 0 atom stereocenters. The third-order valence-corrected chi connectivity index (χ3v) is 4.17. The Balaban J connectivity index is 2.06. The van der Waals surface area contributed by atoms with Crippen molar-refractivity contribution in [2.24, 2.45) is 5.41 Å². The van der Waals surface area contributed by atoms with Gasteiger partial charge in [0.15, 0.2) is 0 Å². The van der Waals surface area contributed by atoms with Gasteiger partial charge < -0.3 is 15.4 Å². The Kier molecular flexibility index (Phi) is 4.98. The van der Waals surface area contributed by atoms with Gasteiger partial charge in [0.1, 0.15) is 0 Å². The second-order valence-electron chi connectivity index (χ2n) is 5.41. The molecule has 0 aromatic carbocycles. The van der Waals surface area contributed by atoms with Gasteiger partial charge in [-0.05, 0) is 31.6 Å². The molecule has 0 unspecified atom stereocenters. The summed E-state index contributed by atoms with van der Waals surface area (Å²) < 4.78 is 5.12. The first-order valence-corrected chi connectivity index (χ1v) is 7.49. The molecule has 6 heteroatoms. The number of nitrogens with one attached hydrogen (secondary N) is 2. The van der Waals surface area contributed by atoms with E-state index in [9.17, 15) is 0 Å². The van der Waals surface area contributed by atoms with E-state index in [0.29, 0.717) is 23.3 Å². The van der Waals surface area contributed by atoms with Crippen LogP contribution in [0.2, 0.25) is 0 Å². The van der Waals surface area contributed by atoms with Crippen molar-refractivity contribution in [1.82, 2.24) is 15.0 Å². The SMILES string of the molecule is CCNc1nc(NCC2(CC)CCCC2)nc(OC)n1. The number of hydrogen-bond donors (Lipinski definition) is 2. The van der Waals surface area contributed by atoms with E-state index >= 15 is 0 Å². The van der Waals surface area contributed by atoms with Crippen molar-refractivity contribution >= 4 is 11.9 Å². The lowest BCUT2D eigenvalue weighted by Gasteiger charge is -2.27. The van der Waals surface area contributed by atoms with Crippen LogP contribution in [-0.2, 0) is 0 Å². The lowest BCUT2D eigenvalue weighted by Crippen LogP contribution is -2.26. The molecule has 0 radical (unpaired) electrons. The quantitative estimate of drug-likeness (QED) is 0.799. The zero-order chi connectivity index (χ0) is 14.4. The summed E-state index contributed by atoms with van der Waals surface area (Å²) in [5.41, 5.74) is 0.401. The maximum Gasteiger partial charge on any atom is 0.322 e. The average molecular weight is 279 g/mol. The molecule has 1 fully saturated rings. The molecule has 0 bridgehead atoms. The maximum atomic E-state index is 5.12. The van der Waals surface area contributed by atoms with Gasteiger partial charge in [-0.25, -0.2) is 0 Å². The lowest BCUT2D eigenvalue weighted by atomic mass is 9.83. The summed E-state index contributed by atoms with van der Waals surface area (Å²) in [6, 6.07) is 0.343. The number of aromatic nitrogens is 3. The maximum absolute atomic E-state index is 5.12. The molecular weight excluding hydrogens is 254 g/mol. The molecule has 20 heavy (non-hydrogen) atoms. The van der Waals surface area contributed by atoms with E-state index in [-0.39, 0.29) is 0 Å². The zero-order valence-electron chi connectivity index (χ0n) is 12.7. The Morgan fingerprint density at radius 1 is 1.05 bits per heavy atom. The predicted molar refractivity (Wildman–Crippen MR) is 80.2 cm³/mol. The third-order valence-electron chi connectivity index (χ3n) is 4.17. The van der Waals surface area contributed by atoms with Crippen LogP contribution in [0.15, 0.2) is 0 Å². The van der Waals surface area contributed by atoms with Crippen LogP contribution in [0.5, 0.6) is 6.01 Å². The number of hydrogen-bond acceptors (Lipinski definition) is 6. The van der Waals surface area contributed by atoms with E-state index in [4.69, 9.17) is 4.74 Å². The Bertz CT molecular complexity index is 432. The standard InChI is InChI=1S/C14H25N5O/c1-4-14(8-6-7-9-14)10-16-12-17-11(15-5-2)18-13(19-12)20-3/h4-10H2,1-3H3,(H2,15,16,17,18,19). The molecule has 6 nitrogen and oxygen atoms in total. The van der Waals surface area contributed by atoms with Crippen LogP contribution in [-0.4, -0.2) is 35.2 Å². The summed E-state index contributed by atoms with van der Waals surface area (Å²) in [6.07, 6.45) is 6.44. The molecule has 0 spiro atoms. The van der Waals surface area contributed by atoms with Crippen molar-refractivity contribution in [2.75, 3.05) is 30.8 Å². The Labute approximate surface area is 120 Å². The molecule has 2 N–H and O–H groups in total. The fourth-order valence-electron chi connectivity index (χ4n) is 2.81.